The summed E-state index contributed by atoms with van der Waals surface area (Å²) in [5.74, 6) is 0.609. The summed E-state index contributed by atoms with van der Waals surface area (Å²) in [6.07, 6.45) is 1.79. The van der Waals surface area contributed by atoms with E-state index in [9.17, 15) is 4.79 Å². The first kappa shape index (κ1) is 16.1. The van der Waals surface area contributed by atoms with Crippen LogP contribution in [0.3, 0.4) is 0 Å². The molecule has 3 heterocycles. The first-order valence-electron chi connectivity index (χ1n) is 8.31. The van der Waals surface area contributed by atoms with Crippen molar-refractivity contribution in [3.63, 3.8) is 0 Å². The zero-order valence-electron chi connectivity index (χ0n) is 14.5. The van der Waals surface area contributed by atoms with Crippen molar-refractivity contribution in [3.8, 4) is 17.3 Å². The maximum atomic E-state index is 12.4. The Kier molecular flexibility index (Phi) is 4.04. The maximum Gasteiger partial charge on any atom is 0.274 e. The van der Waals surface area contributed by atoms with Crippen molar-refractivity contribution in [2.75, 3.05) is 18.5 Å². The molecule has 0 aliphatic carbocycles. The van der Waals surface area contributed by atoms with Crippen molar-refractivity contribution in [2.24, 2.45) is 0 Å². The fraction of sp³-hybridized carbons (Fsp3) is 0.211. The van der Waals surface area contributed by atoms with Crippen molar-refractivity contribution in [1.82, 2.24) is 14.5 Å². The summed E-state index contributed by atoms with van der Waals surface area (Å²) in [5, 5.41) is 2.84. The van der Waals surface area contributed by atoms with Crippen molar-refractivity contribution in [2.45, 2.75) is 13.8 Å². The fourth-order valence-electron chi connectivity index (χ4n) is 2.72. The molecule has 7 nitrogen and oxygen atoms in total. The minimum absolute atomic E-state index is 0.277. The van der Waals surface area contributed by atoms with E-state index in [-0.39, 0.29) is 11.6 Å². The minimum atomic E-state index is -0.302. The van der Waals surface area contributed by atoms with E-state index in [1.54, 1.807) is 18.5 Å². The summed E-state index contributed by atoms with van der Waals surface area (Å²) in [6, 6.07) is 10.9. The number of carbonyl (C=O) groups is 1. The Morgan fingerprint density at radius 3 is 2.58 bits per heavy atom. The molecule has 0 atom stereocenters. The van der Waals surface area contributed by atoms with Crippen molar-refractivity contribution in [1.29, 1.82) is 0 Å². The molecule has 1 amide bonds. The van der Waals surface area contributed by atoms with Crippen molar-refractivity contribution in [3.05, 3.63) is 59.8 Å². The molecule has 1 aliphatic heterocycles. The molecule has 1 aliphatic rings. The normalized spacial score (nSPS) is 12.7. The Bertz CT molecular complexity index is 963. The molecule has 0 unspecified atom stereocenters. The quantitative estimate of drug-likeness (QED) is 0.786. The smallest absolute Gasteiger partial charge is 0.274 e. The fourth-order valence-corrected chi connectivity index (χ4v) is 2.72. The van der Waals surface area contributed by atoms with Gasteiger partial charge in [0.05, 0.1) is 12.0 Å². The van der Waals surface area contributed by atoms with E-state index < -0.39 is 0 Å². The number of imidazole rings is 1. The summed E-state index contributed by atoms with van der Waals surface area (Å²) in [4.78, 5) is 20.9. The molecule has 3 aromatic rings. The number of hydrogen-bond acceptors (Lipinski definition) is 5. The number of benzene rings is 1. The van der Waals surface area contributed by atoms with Gasteiger partial charge in [-0.05, 0) is 50.2 Å². The molecule has 0 saturated heterocycles. The van der Waals surface area contributed by atoms with Crippen molar-refractivity contribution < 1.29 is 14.3 Å². The van der Waals surface area contributed by atoms with Gasteiger partial charge in [-0.3, -0.25) is 4.79 Å². The van der Waals surface area contributed by atoms with Crippen LogP contribution in [0, 0.1) is 13.8 Å². The number of aryl methyl sites for hydroxylation is 1. The Hall–Kier alpha value is -3.35. The van der Waals surface area contributed by atoms with Gasteiger partial charge in [-0.25, -0.2) is 9.97 Å². The minimum Gasteiger partial charge on any atom is -0.484 e. The van der Waals surface area contributed by atoms with E-state index in [1.807, 2.05) is 42.7 Å². The Balaban J connectivity index is 1.50. The number of fused-ring (bicyclic) bond motifs is 1. The third-order valence-corrected chi connectivity index (χ3v) is 4.29. The highest BCUT2D eigenvalue weighted by Gasteiger charge is 2.17. The molecule has 0 spiro atoms. The van der Waals surface area contributed by atoms with Crippen LogP contribution in [0.4, 0.5) is 5.69 Å². The number of hydrogen-bond donors (Lipinski definition) is 1. The molecular weight excluding hydrogens is 332 g/mol. The molecule has 7 heteroatoms. The number of aromatic nitrogens is 3. The number of ether oxygens (including phenoxy) is 2. The molecule has 0 radical (unpaired) electrons. The van der Waals surface area contributed by atoms with Gasteiger partial charge < -0.3 is 19.4 Å². The summed E-state index contributed by atoms with van der Waals surface area (Å²) in [6.45, 7) is 4.91. The highest BCUT2D eigenvalue weighted by molar-refractivity contribution is 6.03. The van der Waals surface area contributed by atoms with Gasteiger partial charge in [-0.15, -0.1) is 0 Å². The van der Waals surface area contributed by atoms with Crippen molar-refractivity contribution >= 4 is 11.6 Å². The third kappa shape index (κ3) is 2.99. The first-order valence-corrected chi connectivity index (χ1v) is 8.31. The van der Waals surface area contributed by atoms with E-state index in [2.05, 4.69) is 15.3 Å². The second kappa shape index (κ2) is 6.51. The van der Waals surface area contributed by atoms with E-state index >= 15 is 0 Å². The maximum absolute atomic E-state index is 12.4. The van der Waals surface area contributed by atoms with Gasteiger partial charge in [0.15, 0.2) is 5.75 Å². The van der Waals surface area contributed by atoms with E-state index in [1.165, 1.54) is 0 Å². The standard InChI is InChI=1S/C19H18N4O3/c1-12-13(2)23(11-20-12)15-5-3-14(4-6-15)21-18(24)16-7-8-17-19(22-16)26-10-9-25-17/h3-8,11H,9-10H2,1-2H3,(H,21,24). The van der Waals surface area contributed by atoms with Gasteiger partial charge in [0.2, 0.25) is 0 Å². The summed E-state index contributed by atoms with van der Waals surface area (Å²) < 4.78 is 12.8. The molecule has 4 rings (SSSR count). The lowest BCUT2D eigenvalue weighted by Gasteiger charge is -2.17. The number of anilines is 1. The van der Waals surface area contributed by atoms with E-state index in [4.69, 9.17) is 9.47 Å². The van der Waals surface area contributed by atoms with Crippen LogP contribution in [0.15, 0.2) is 42.7 Å². The van der Waals surface area contributed by atoms with Crippen LogP contribution in [-0.2, 0) is 0 Å². The van der Waals surface area contributed by atoms with E-state index in [0.717, 1.165) is 17.1 Å². The number of nitrogens with zero attached hydrogens (tertiary/aromatic N) is 3. The first-order chi connectivity index (χ1) is 12.6. The van der Waals surface area contributed by atoms with Crippen LogP contribution >= 0.6 is 0 Å². The molecule has 2 aromatic heterocycles. The number of carbonyl (C=O) groups excluding carboxylic acids is 1. The number of pyridine rings is 1. The predicted octanol–water partition coefficient (Wildman–Crippen LogP) is 2.91. The lowest BCUT2D eigenvalue weighted by Crippen LogP contribution is -2.19. The van der Waals surface area contributed by atoms with Crippen LogP contribution in [0.2, 0.25) is 0 Å². The zero-order valence-corrected chi connectivity index (χ0v) is 14.5. The second-order valence-electron chi connectivity index (χ2n) is 5.98. The molecule has 26 heavy (non-hydrogen) atoms. The van der Waals surface area contributed by atoms with Gasteiger partial charge in [-0.1, -0.05) is 0 Å². The molecule has 0 bridgehead atoms. The average Bonchev–Trinajstić information content (AvgIpc) is 3.01. The van der Waals surface area contributed by atoms with Crippen LogP contribution in [-0.4, -0.2) is 33.7 Å². The third-order valence-electron chi connectivity index (χ3n) is 4.29. The Labute approximate surface area is 150 Å². The summed E-state index contributed by atoms with van der Waals surface area (Å²) >= 11 is 0. The monoisotopic (exact) mass is 350 g/mol. The lowest BCUT2D eigenvalue weighted by molar-refractivity contribution is 0.101. The summed E-state index contributed by atoms with van der Waals surface area (Å²) in [5.41, 5.74) is 4.03. The highest BCUT2D eigenvalue weighted by atomic mass is 16.6. The van der Waals surface area contributed by atoms with Crippen LogP contribution in [0.1, 0.15) is 21.9 Å². The molecule has 1 N–H and O–H groups in total. The lowest BCUT2D eigenvalue weighted by atomic mass is 10.2. The summed E-state index contributed by atoms with van der Waals surface area (Å²) in [7, 11) is 0. The Morgan fingerprint density at radius 1 is 1.08 bits per heavy atom. The predicted molar refractivity (Wildman–Crippen MR) is 96.2 cm³/mol. The van der Waals surface area contributed by atoms with Gasteiger partial charge >= 0.3 is 0 Å². The number of amides is 1. The highest BCUT2D eigenvalue weighted by Crippen LogP contribution is 2.27. The molecule has 1 aromatic carbocycles. The van der Waals surface area contributed by atoms with Crippen LogP contribution in [0.5, 0.6) is 11.6 Å². The van der Waals surface area contributed by atoms with Gasteiger partial charge in [0.1, 0.15) is 18.9 Å². The van der Waals surface area contributed by atoms with Gasteiger partial charge in [-0.2, -0.15) is 0 Å². The number of nitrogens with one attached hydrogen (secondary N) is 1. The molecular formula is C19H18N4O3. The molecule has 132 valence electrons. The second-order valence-corrected chi connectivity index (χ2v) is 5.98. The Morgan fingerprint density at radius 2 is 1.85 bits per heavy atom. The van der Waals surface area contributed by atoms with Crippen LogP contribution < -0.4 is 14.8 Å². The van der Waals surface area contributed by atoms with Crippen LogP contribution in [0.25, 0.3) is 5.69 Å². The number of rotatable bonds is 3. The SMILES string of the molecule is Cc1ncn(-c2ccc(NC(=O)c3ccc4c(n3)OCCO4)cc2)c1C. The largest absolute Gasteiger partial charge is 0.484 e. The van der Waals surface area contributed by atoms with Gasteiger partial charge in [0, 0.05) is 17.1 Å². The van der Waals surface area contributed by atoms with E-state index in [0.29, 0.717) is 30.5 Å². The molecule has 0 saturated carbocycles. The average molecular weight is 350 g/mol. The topological polar surface area (TPSA) is 78.3 Å². The molecule has 0 fully saturated rings. The zero-order chi connectivity index (χ0) is 18.1. The van der Waals surface area contributed by atoms with Gasteiger partial charge in [0.25, 0.3) is 11.8 Å².